The molecule has 23 heavy (non-hydrogen) atoms. The van der Waals surface area contributed by atoms with Crippen molar-refractivity contribution < 1.29 is 9.53 Å². The van der Waals surface area contributed by atoms with Crippen LogP contribution in [-0.4, -0.2) is 56.1 Å². The van der Waals surface area contributed by atoms with Crippen LogP contribution in [0.15, 0.2) is 18.2 Å². The fourth-order valence-electron chi connectivity index (χ4n) is 3.01. The number of carbonyl (C=O) groups excluding carboxylic acids is 1. The summed E-state index contributed by atoms with van der Waals surface area (Å²) in [6.07, 6.45) is 2.91. The van der Waals surface area contributed by atoms with E-state index < -0.39 is 0 Å². The quantitative estimate of drug-likeness (QED) is 0.697. The first-order valence-electron chi connectivity index (χ1n) is 7.95. The largest absolute Gasteiger partial charge is 0.385 e. The highest BCUT2D eigenvalue weighted by molar-refractivity contribution is 6.42. The van der Waals surface area contributed by atoms with Crippen LogP contribution in [0.3, 0.4) is 0 Å². The van der Waals surface area contributed by atoms with E-state index in [-0.39, 0.29) is 11.9 Å². The Morgan fingerprint density at radius 1 is 1.39 bits per heavy atom. The number of likely N-dealkylation sites (N-methyl/N-ethyl adjacent to an activating group) is 1. The second-order valence-electron chi connectivity index (χ2n) is 6.00. The molecule has 1 fully saturated rings. The van der Waals surface area contributed by atoms with Crippen molar-refractivity contribution in [3.8, 4) is 0 Å². The van der Waals surface area contributed by atoms with Crippen molar-refractivity contribution in [3.05, 3.63) is 33.8 Å². The van der Waals surface area contributed by atoms with E-state index in [1.165, 1.54) is 0 Å². The van der Waals surface area contributed by atoms with Crippen molar-refractivity contribution in [2.24, 2.45) is 0 Å². The fourth-order valence-corrected chi connectivity index (χ4v) is 3.32. The van der Waals surface area contributed by atoms with Crippen molar-refractivity contribution in [1.82, 2.24) is 9.80 Å². The first-order chi connectivity index (χ1) is 11.0. The number of hydrogen-bond acceptors (Lipinski definition) is 3. The zero-order valence-corrected chi connectivity index (χ0v) is 15.2. The van der Waals surface area contributed by atoms with Gasteiger partial charge in [-0.3, -0.25) is 9.69 Å². The van der Waals surface area contributed by atoms with Gasteiger partial charge < -0.3 is 9.64 Å². The molecule has 1 unspecified atom stereocenters. The second kappa shape index (κ2) is 8.88. The van der Waals surface area contributed by atoms with E-state index in [9.17, 15) is 4.79 Å². The lowest BCUT2D eigenvalue weighted by Gasteiger charge is -2.27. The van der Waals surface area contributed by atoms with Crippen LogP contribution >= 0.6 is 23.2 Å². The van der Waals surface area contributed by atoms with E-state index in [0.717, 1.165) is 37.9 Å². The third kappa shape index (κ3) is 5.08. The molecule has 0 radical (unpaired) electrons. The lowest BCUT2D eigenvalue weighted by atomic mass is 10.0. The molecule has 1 aliphatic heterocycles. The van der Waals surface area contributed by atoms with E-state index in [1.54, 1.807) is 13.2 Å². The number of halogens is 2. The van der Waals surface area contributed by atoms with Gasteiger partial charge in [0.2, 0.25) is 5.91 Å². The minimum atomic E-state index is 0.102. The summed E-state index contributed by atoms with van der Waals surface area (Å²) in [7, 11) is 3.66. The summed E-state index contributed by atoms with van der Waals surface area (Å²) >= 11 is 12.1. The molecule has 2 rings (SSSR count). The second-order valence-corrected chi connectivity index (χ2v) is 6.82. The highest BCUT2D eigenvalue weighted by atomic mass is 35.5. The molecular weight excluding hydrogens is 335 g/mol. The number of benzene rings is 1. The van der Waals surface area contributed by atoms with Gasteiger partial charge in [-0.1, -0.05) is 29.3 Å². The lowest BCUT2D eigenvalue weighted by molar-refractivity contribution is -0.133. The van der Waals surface area contributed by atoms with Gasteiger partial charge in [0.25, 0.3) is 0 Å². The molecule has 1 amide bonds. The van der Waals surface area contributed by atoms with Gasteiger partial charge in [-0.25, -0.2) is 0 Å². The van der Waals surface area contributed by atoms with E-state index in [2.05, 4.69) is 0 Å². The van der Waals surface area contributed by atoms with Gasteiger partial charge in [0.05, 0.1) is 22.6 Å². The maximum absolute atomic E-state index is 12.6. The van der Waals surface area contributed by atoms with E-state index in [1.807, 2.05) is 29.0 Å². The van der Waals surface area contributed by atoms with Gasteiger partial charge in [-0.2, -0.15) is 0 Å². The topological polar surface area (TPSA) is 32.8 Å². The summed E-state index contributed by atoms with van der Waals surface area (Å²) in [6.45, 7) is 2.80. The Morgan fingerprint density at radius 3 is 2.87 bits per heavy atom. The van der Waals surface area contributed by atoms with Crippen molar-refractivity contribution in [2.75, 3.05) is 40.4 Å². The molecular formula is C17H24Cl2N2O2. The Morgan fingerprint density at radius 2 is 2.17 bits per heavy atom. The predicted octanol–water partition coefficient (Wildman–Crippen LogP) is 3.63. The summed E-state index contributed by atoms with van der Waals surface area (Å²) in [4.78, 5) is 16.6. The highest BCUT2D eigenvalue weighted by Gasteiger charge is 2.30. The van der Waals surface area contributed by atoms with Crippen LogP contribution in [0.5, 0.6) is 0 Å². The number of rotatable bonds is 7. The van der Waals surface area contributed by atoms with Gasteiger partial charge in [0.1, 0.15) is 0 Å². The first kappa shape index (κ1) is 18.5. The smallest absolute Gasteiger partial charge is 0.237 e. The summed E-state index contributed by atoms with van der Waals surface area (Å²) in [5, 5.41) is 1.09. The molecule has 6 heteroatoms. The average Bonchev–Trinajstić information content (AvgIpc) is 3.00. The SMILES string of the molecule is COCCCN(C)CC(=O)N1CCCC1c1ccc(Cl)c(Cl)c1. The molecule has 0 N–H and O–H groups in total. The normalized spacial score (nSPS) is 18.0. The summed E-state index contributed by atoms with van der Waals surface area (Å²) in [6, 6.07) is 5.75. The molecule has 1 atom stereocenters. The molecule has 1 aromatic rings. The number of nitrogens with zero attached hydrogens (tertiary/aromatic N) is 2. The minimum absolute atomic E-state index is 0.102. The monoisotopic (exact) mass is 358 g/mol. The molecule has 0 aromatic heterocycles. The van der Waals surface area contributed by atoms with Crippen LogP contribution in [0.4, 0.5) is 0 Å². The van der Waals surface area contributed by atoms with Crippen LogP contribution in [0.1, 0.15) is 30.9 Å². The Kier molecular flexibility index (Phi) is 7.15. The fraction of sp³-hybridized carbons (Fsp3) is 0.588. The van der Waals surface area contributed by atoms with E-state index >= 15 is 0 Å². The first-order valence-corrected chi connectivity index (χ1v) is 8.70. The summed E-state index contributed by atoms with van der Waals surface area (Å²) in [5.41, 5.74) is 1.06. The van der Waals surface area contributed by atoms with Crippen LogP contribution < -0.4 is 0 Å². The summed E-state index contributed by atoms with van der Waals surface area (Å²) < 4.78 is 5.05. The Labute approximate surface area is 148 Å². The molecule has 0 saturated carbocycles. The number of carbonyl (C=O) groups is 1. The van der Waals surface area contributed by atoms with Gasteiger partial charge in [0.15, 0.2) is 0 Å². The van der Waals surface area contributed by atoms with Crippen LogP contribution in [-0.2, 0) is 9.53 Å². The molecule has 1 saturated heterocycles. The average molecular weight is 359 g/mol. The van der Waals surface area contributed by atoms with Gasteiger partial charge in [-0.05, 0) is 44.0 Å². The van der Waals surface area contributed by atoms with Crippen molar-refractivity contribution in [1.29, 1.82) is 0 Å². The van der Waals surface area contributed by atoms with Gasteiger partial charge >= 0.3 is 0 Å². The molecule has 1 aliphatic rings. The molecule has 1 heterocycles. The third-order valence-electron chi connectivity index (χ3n) is 4.20. The Bertz CT molecular complexity index is 539. The number of hydrogen-bond donors (Lipinski definition) is 0. The number of methoxy groups -OCH3 is 1. The van der Waals surface area contributed by atoms with E-state index in [4.69, 9.17) is 27.9 Å². The van der Waals surface area contributed by atoms with Crippen molar-refractivity contribution in [2.45, 2.75) is 25.3 Å². The zero-order chi connectivity index (χ0) is 16.8. The van der Waals surface area contributed by atoms with Crippen LogP contribution in [0, 0.1) is 0 Å². The molecule has 0 bridgehead atoms. The van der Waals surface area contributed by atoms with Crippen molar-refractivity contribution in [3.63, 3.8) is 0 Å². The standard InChI is InChI=1S/C17H24Cl2N2O2/c1-20(8-4-10-23-2)12-17(22)21-9-3-5-16(21)13-6-7-14(18)15(19)11-13/h6-7,11,16H,3-5,8-10,12H2,1-2H3. The summed E-state index contributed by atoms with van der Waals surface area (Å²) in [5.74, 6) is 0.165. The molecule has 0 spiro atoms. The Balaban J connectivity index is 1.97. The molecule has 4 nitrogen and oxygen atoms in total. The maximum atomic E-state index is 12.6. The number of likely N-dealkylation sites (tertiary alicyclic amines) is 1. The minimum Gasteiger partial charge on any atom is -0.385 e. The Hall–Kier alpha value is -0.810. The van der Waals surface area contributed by atoms with E-state index in [0.29, 0.717) is 23.2 Å². The number of amides is 1. The molecule has 1 aromatic carbocycles. The van der Waals surface area contributed by atoms with Crippen molar-refractivity contribution >= 4 is 29.1 Å². The predicted molar refractivity (Wildman–Crippen MR) is 94.1 cm³/mol. The number of ether oxygens (including phenoxy) is 1. The maximum Gasteiger partial charge on any atom is 0.237 e. The molecule has 128 valence electrons. The van der Waals surface area contributed by atoms with Crippen LogP contribution in [0.25, 0.3) is 0 Å². The van der Waals surface area contributed by atoms with Gasteiger partial charge in [-0.15, -0.1) is 0 Å². The molecule has 0 aliphatic carbocycles. The highest BCUT2D eigenvalue weighted by Crippen LogP contribution is 2.35. The zero-order valence-electron chi connectivity index (χ0n) is 13.7. The van der Waals surface area contributed by atoms with Gasteiger partial charge in [0, 0.05) is 26.8 Å². The van der Waals surface area contributed by atoms with Crippen LogP contribution in [0.2, 0.25) is 10.0 Å². The lowest BCUT2D eigenvalue weighted by Crippen LogP contribution is -2.39. The third-order valence-corrected chi connectivity index (χ3v) is 4.93.